The van der Waals surface area contributed by atoms with Gasteiger partial charge in [0.2, 0.25) is 0 Å². The van der Waals surface area contributed by atoms with Crippen LogP contribution in [-0.4, -0.2) is 29.2 Å². The van der Waals surface area contributed by atoms with E-state index in [0.29, 0.717) is 18.1 Å². The van der Waals surface area contributed by atoms with Crippen LogP contribution in [0.3, 0.4) is 0 Å². The predicted octanol–water partition coefficient (Wildman–Crippen LogP) is 2.22. The lowest BCUT2D eigenvalue weighted by Gasteiger charge is -2.05. The molecule has 0 bridgehead atoms. The smallest absolute Gasteiger partial charge is 0.271 e. The van der Waals surface area contributed by atoms with Crippen molar-refractivity contribution in [2.75, 3.05) is 18.4 Å². The number of carbonyl (C=O) groups is 1. The van der Waals surface area contributed by atoms with E-state index >= 15 is 0 Å². The summed E-state index contributed by atoms with van der Waals surface area (Å²) in [6.45, 7) is 5.79. The van der Waals surface area contributed by atoms with Gasteiger partial charge in [-0.05, 0) is 25.0 Å². The molecule has 0 aliphatic carbocycles. The molecule has 0 saturated carbocycles. The highest BCUT2D eigenvalue weighted by Crippen LogP contribution is 2.02. The summed E-state index contributed by atoms with van der Waals surface area (Å²) in [5.74, 6) is 0.560. The van der Waals surface area contributed by atoms with E-state index in [9.17, 15) is 4.79 Å². The average molecular weight is 250 g/mol. The van der Waals surface area contributed by atoms with E-state index < -0.39 is 0 Å². The SMILES string of the molecule is CCCCNC(=O)c1ccc(NCCCC)nn1. The summed E-state index contributed by atoms with van der Waals surface area (Å²) in [7, 11) is 0. The topological polar surface area (TPSA) is 66.9 Å². The third-order valence-electron chi connectivity index (χ3n) is 2.55. The zero-order valence-corrected chi connectivity index (χ0v) is 11.2. The Balaban J connectivity index is 2.41. The van der Waals surface area contributed by atoms with Gasteiger partial charge in [0.05, 0.1) is 0 Å². The molecule has 0 aromatic carbocycles. The van der Waals surface area contributed by atoms with Crippen molar-refractivity contribution >= 4 is 11.7 Å². The van der Waals surface area contributed by atoms with Crippen LogP contribution in [0.25, 0.3) is 0 Å². The first-order valence-electron chi connectivity index (χ1n) is 6.63. The van der Waals surface area contributed by atoms with Crippen LogP contribution in [0.1, 0.15) is 50.0 Å². The second kappa shape index (κ2) is 8.44. The van der Waals surface area contributed by atoms with Crippen LogP contribution in [0.5, 0.6) is 0 Å². The fourth-order valence-corrected chi connectivity index (χ4v) is 1.41. The molecule has 0 fully saturated rings. The molecule has 5 heteroatoms. The van der Waals surface area contributed by atoms with E-state index in [1.54, 1.807) is 12.1 Å². The van der Waals surface area contributed by atoms with Crippen LogP contribution in [0.4, 0.5) is 5.82 Å². The maximum absolute atomic E-state index is 11.7. The Hall–Kier alpha value is -1.65. The second-order valence-corrected chi connectivity index (χ2v) is 4.19. The number of aromatic nitrogens is 2. The van der Waals surface area contributed by atoms with E-state index in [2.05, 4.69) is 34.7 Å². The molecule has 100 valence electrons. The molecule has 1 aromatic heterocycles. The van der Waals surface area contributed by atoms with E-state index in [1.807, 2.05) is 0 Å². The first-order valence-corrected chi connectivity index (χ1v) is 6.63. The van der Waals surface area contributed by atoms with Crippen LogP contribution in [0, 0.1) is 0 Å². The van der Waals surface area contributed by atoms with Crippen molar-refractivity contribution in [3.63, 3.8) is 0 Å². The summed E-state index contributed by atoms with van der Waals surface area (Å²) in [6.07, 6.45) is 4.28. The normalized spacial score (nSPS) is 10.1. The minimum Gasteiger partial charge on any atom is -0.369 e. The van der Waals surface area contributed by atoms with Crippen LogP contribution in [0.2, 0.25) is 0 Å². The molecule has 2 N–H and O–H groups in total. The van der Waals surface area contributed by atoms with Gasteiger partial charge in [-0.1, -0.05) is 26.7 Å². The molecule has 0 radical (unpaired) electrons. The van der Waals surface area contributed by atoms with Gasteiger partial charge in [-0.15, -0.1) is 10.2 Å². The summed E-state index contributed by atoms with van der Waals surface area (Å²) in [4.78, 5) is 11.7. The Kier molecular flexibility index (Phi) is 6.76. The molecule has 0 aliphatic heterocycles. The Morgan fingerprint density at radius 3 is 2.44 bits per heavy atom. The number of unbranched alkanes of at least 4 members (excludes halogenated alkanes) is 2. The number of hydrogen-bond donors (Lipinski definition) is 2. The van der Waals surface area contributed by atoms with Gasteiger partial charge < -0.3 is 10.6 Å². The zero-order chi connectivity index (χ0) is 13.2. The molecule has 0 aliphatic rings. The molecule has 0 spiro atoms. The Morgan fingerprint density at radius 1 is 1.11 bits per heavy atom. The monoisotopic (exact) mass is 250 g/mol. The van der Waals surface area contributed by atoms with Gasteiger partial charge >= 0.3 is 0 Å². The van der Waals surface area contributed by atoms with Gasteiger partial charge in [0, 0.05) is 13.1 Å². The largest absolute Gasteiger partial charge is 0.369 e. The number of nitrogens with one attached hydrogen (secondary N) is 2. The molecule has 0 saturated heterocycles. The third-order valence-corrected chi connectivity index (χ3v) is 2.55. The van der Waals surface area contributed by atoms with Crippen LogP contribution >= 0.6 is 0 Å². The van der Waals surface area contributed by atoms with Gasteiger partial charge in [-0.3, -0.25) is 4.79 Å². The lowest BCUT2D eigenvalue weighted by molar-refractivity contribution is 0.0947. The quantitative estimate of drug-likeness (QED) is 0.694. The number of hydrogen-bond acceptors (Lipinski definition) is 4. The van der Waals surface area contributed by atoms with Crippen LogP contribution in [0.15, 0.2) is 12.1 Å². The van der Waals surface area contributed by atoms with Crippen molar-refractivity contribution in [2.24, 2.45) is 0 Å². The molecular formula is C13H22N4O. The number of anilines is 1. The summed E-state index contributed by atoms with van der Waals surface area (Å²) in [6, 6.07) is 3.49. The number of nitrogens with zero attached hydrogens (tertiary/aromatic N) is 2. The van der Waals surface area contributed by atoms with E-state index in [4.69, 9.17) is 0 Å². The lowest BCUT2D eigenvalue weighted by Crippen LogP contribution is -2.25. The zero-order valence-electron chi connectivity index (χ0n) is 11.2. The molecule has 18 heavy (non-hydrogen) atoms. The molecule has 1 aromatic rings. The summed E-state index contributed by atoms with van der Waals surface area (Å²) < 4.78 is 0. The van der Waals surface area contributed by atoms with Crippen molar-refractivity contribution in [3.8, 4) is 0 Å². The number of carbonyl (C=O) groups excluding carboxylic acids is 1. The van der Waals surface area contributed by atoms with Crippen molar-refractivity contribution in [1.29, 1.82) is 0 Å². The van der Waals surface area contributed by atoms with E-state index in [1.165, 1.54) is 0 Å². The highest BCUT2D eigenvalue weighted by atomic mass is 16.1. The molecule has 0 atom stereocenters. The van der Waals surface area contributed by atoms with Crippen molar-refractivity contribution in [3.05, 3.63) is 17.8 Å². The van der Waals surface area contributed by atoms with Gasteiger partial charge in [0.25, 0.3) is 5.91 Å². The number of amides is 1. The average Bonchev–Trinajstić information content (AvgIpc) is 2.40. The molecular weight excluding hydrogens is 228 g/mol. The van der Waals surface area contributed by atoms with E-state index in [0.717, 1.165) is 32.2 Å². The third kappa shape index (κ3) is 5.12. The van der Waals surface area contributed by atoms with Crippen LogP contribution < -0.4 is 10.6 Å². The molecule has 0 unspecified atom stereocenters. The molecule has 1 amide bonds. The standard InChI is InChI=1S/C13H22N4O/c1-3-5-9-14-12-8-7-11(16-17-12)13(18)15-10-6-4-2/h7-8H,3-6,9-10H2,1-2H3,(H,14,17)(H,15,18). The van der Waals surface area contributed by atoms with Gasteiger partial charge in [0.1, 0.15) is 5.82 Å². The highest BCUT2D eigenvalue weighted by molar-refractivity contribution is 5.92. The summed E-state index contributed by atoms with van der Waals surface area (Å²) in [5, 5.41) is 13.9. The van der Waals surface area contributed by atoms with Gasteiger partial charge in [0.15, 0.2) is 5.69 Å². The maximum atomic E-state index is 11.7. The van der Waals surface area contributed by atoms with Crippen molar-refractivity contribution < 1.29 is 4.79 Å². The minimum absolute atomic E-state index is 0.156. The highest BCUT2D eigenvalue weighted by Gasteiger charge is 2.06. The summed E-state index contributed by atoms with van der Waals surface area (Å²) in [5.41, 5.74) is 0.368. The first-order chi connectivity index (χ1) is 8.77. The fourth-order valence-electron chi connectivity index (χ4n) is 1.41. The Bertz CT molecular complexity index is 351. The fraction of sp³-hybridized carbons (Fsp3) is 0.615. The Morgan fingerprint density at radius 2 is 1.83 bits per heavy atom. The second-order valence-electron chi connectivity index (χ2n) is 4.19. The first kappa shape index (κ1) is 14.4. The van der Waals surface area contributed by atoms with Gasteiger partial charge in [-0.2, -0.15) is 0 Å². The predicted molar refractivity (Wildman–Crippen MR) is 72.7 cm³/mol. The molecule has 5 nitrogen and oxygen atoms in total. The van der Waals surface area contributed by atoms with Gasteiger partial charge in [-0.25, -0.2) is 0 Å². The van der Waals surface area contributed by atoms with Crippen molar-refractivity contribution in [1.82, 2.24) is 15.5 Å². The number of rotatable bonds is 8. The Labute approximate surface area is 108 Å². The van der Waals surface area contributed by atoms with Crippen molar-refractivity contribution in [2.45, 2.75) is 39.5 Å². The lowest BCUT2D eigenvalue weighted by atomic mass is 10.3. The minimum atomic E-state index is -0.156. The molecule has 1 heterocycles. The van der Waals surface area contributed by atoms with Crippen LogP contribution in [-0.2, 0) is 0 Å². The van der Waals surface area contributed by atoms with E-state index in [-0.39, 0.29) is 5.91 Å². The molecule has 1 rings (SSSR count). The maximum Gasteiger partial charge on any atom is 0.271 e. The summed E-state index contributed by atoms with van der Waals surface area (Å²) >= 11 is 0.